The van der Waals surface area contributed by atoms with Gasteiger partial charge in [0.05, 0.1) is 12.2 Å². The van der Waals surface area contributed by atoms with E-state index in [2.05, 4.69) is 11.2 Å². The minimum Gasteiger partial charge on any atom is -0.384 e. The van der Waals surface area contributed by atoms with Crippen molar-refractivity contribution in [2.45, 2.75) is 20.4 Å². The minimum absolute atomic E-state index is 0.0974. The van der Waals surface area contributed by atoms with Crippen LogP contribution in [0.3, 0.4) is 0 Å². The van der Waals surface area contributed by atoms with E-state index < -0.39 is 0 Å². The molecule has 0 aliphatic heterocycles. The summed E-state index contributed by atoms with van der Waals surface area (Å²) in [5, 5.41) is 11.8. The van der Waals surface area contributed by atoms with Gasteiger partial charge in [0, 0.05) is 11.3 Å². The molecule has 88 valence electrons. The van der Waals surface area contributed by atoms with Gasteiger partial charge in [-0.25, -0.2) is 0 Å². The van der Waals surface area contributed by atoms with Crippen molar-refractivity contribution in [3.8, 4) is 0 Å². The first-order valence-corrected chi connectivity index (χ1v) is 5.50. The molecule has 1 aromatic heterocycles. The van der Waals surface area contributed by atoms with Gasteiger partial charge in [0.2, 0.25) is 0 Å². The minimum atomic E-state index is 0.0974. The molecule has 0 aliphatic rings. The highest BCUT2D eigenvalue weighted by atomic mass is 15.3. The van der Waals surface area contributed by atoms with Gasteiger partial charge in [0.15, 0.2) is 0 Å². The topological polar surface area (TPSA) is 67.7 Å². The number of aryl methyl sites for hydroxylation is 2. The lowest BCUT2D eigenvalue weighted by molar-refractivity contribution is 0.659. The SMILES string of the molecule is Cc1cc(C)n(Cc2cccc(C(=N)N)c2)n1. The number of nitrogens with two attached hydrogens (primary N) is 1. The van der Waals surface area contributed by atoms with Gasteiger partial charge in [-0.2, -0.15) is 5.10 Å². The van der Waals surface area contributed by atoms with Crippen LogP contribution in [0.1, 0.15) is 22.5 Å². The molecule has 3 N–H and O–H groups in total. The van der Waals surface area contributed by atoms with E-state index in [1.165, 1.54) is 0 Å². The number of nitrogens with one attached hydrogen (secondary N) is 1. The number of nitrogen functional groups attached to an aromatic ring is 1. The first kappa shape index (κ1) is 11.4. The summed E-state index contributed by atoms with van der Waals surface area (Å²) < 4.78 is 1.95. The number of hydrogen-bond donors (Lipinski definition) is 2. The molecule has 2 rings (SSSR count). The largest absolute Gasteiger partial charge is 0.384 e. The van der Waals surface area contributed by atoms with Gasteiger partial charge in [-0.05, 0) is 31.5 Å². The Morgan fingerprint density at radius 1 is 1.35 bits per heavy atom. The fourth-order valence-electron chi connectivity index (χ4n) is 1.85. The van der Waals surface area contributed by atoms with Crippen molar-refractivity contribution in [2.24, 2.45) is 5.73 Å². The van der Waals surface area contributed by atoms with Crippen molar-refractivity contribution in [2.75, 3.05) is 0 Å². The first-order chi connectivity index (χ1) is 8.06. The molecule has 0 amide bonds. The highest BCUT2D eigenvalue weighted by Gasteiger charge is 2.03. The summed E-state index contributed by atoms with van der Waals surface area (Å²) in [6, 6.07) is 9.75. The molecule has 0 bridgehead atoms. The molecule has 0 aliphatic carbocycles. The van der Waals surface area contributed by atoms with Gasteiger partial charge < -0.3 is 5.73 Å². The summed E-state index contributed by atoms with van der Waals surface area (Å²) >= 11 is 0. The Labute approximate surface area is 101 Å². The van der Waals surface area contributed by atoms with Crippen molar-refractivity contribution in [1.29, 1.82) is 5.41 Å². The van der Waals surface area contributed by atoms with E-state index in [9.17, 15) is 0 Å². The lowest BCUT2D eigenvalue weighted by Crippen LogP contribution is -2.12. The Hall–Kier alpha value is -2.10. The Balaban J connectivity index is 2.27. The highest BCUT2D eigenvalue weighted by Crippen LogP contribution is 2.09. The molecule has 0 spiro atoms. The lowest BCUT2D eigenvalue weighted by Gasteiger charge is -2.06. The van der Waals surface area contributed by atoms with Crippen molar-refractivity contribution >= 4 is 5.84 Å². The number of amidine groups is 1. The van der Waals surface area contributed by atoms with Crippen LogP contribution in [0.2, 0.25) is 0 Å². The third-order valence-electron chi connectivity index (χ3n) is 2.67. The van der Waals surface area contributed by atoms with Gasteiger partial charge in [0.1, 0.15) is 5.84 Å². The zero-order valence-electron chi connectivity index (χ0n) is 10.1. The number of benzene rings is 1. The van der Waals surface area contributed by atoms with E-state index >= 15 is 0 Å². The second-order valence-electron chi connectivity index (χ2n) is 4.20. The maximum absolute atomic E-state index is 7.41. The Morgan fingerprint density at radius 3 is 2.71 bits per heavy atom. The van der Waals surface area contributed by atoms with Crippen molar-refractivity contribution in [3.63, 3.8) is 0 Å². The molecule has 4 nitrogen and oxygen atoms in total. The van der Waals surface area contributed by atoms with E-state index in [4.69, 9.17) is 11.1 Å². The first-order valence-electron chi connectivity index (χ1n) is 5.50. The monoisotopic (exact) mass is 228 g/mol. The van der Waals surface area contributed by atoms with Crippen LogP contribution in [-0.4, -0.2) is 15.6 Å². The van der Waals surface area contributed by atoms with Crippen LogP contribution < -0.4 is 5.73 Å². The lowest BCUT2D eigenvalue weighted by atomic mass is 10.1. The van der Waals surface area contributed by atoms with Crippen molar-refractivity contribution < 1.29 is 0 Å². The second-order valence-corrected chi connectivity index (χ2v) is 4.20. The van der Waals surface area contributed by atoms with Gasteiger partial charge in [-0.15, -0.1) is 0 Å². The van der Waals surface area contributed by atoms with E-state index in [0.29, 0.717) is 6.54 Å². The summed E-state index contributed by atoms with van der Waals surface area (Å²) in [5.41, 5.74) is 9.48. The van der Waals surface area contributed by atoms with E-state index in [-0.39, 0.29) is 5.84 Å². The van der Waals surface area contributed by atoms with Crippen molar-refractivity contribution in [3.05, 3.63) is 52.8 Å². The van der Waals surface area contributed by atoms with Crippen LogP contribution in [0.5, 0.6) is 0 Å². The Kier molecular flexibility index (Phi) is 2.95. The van der Waals surface area contributed by atoms with Crippen LogP contribution >= 0.6 is 0 Å². The molecular weight excluding hydrogens is 212 g/mol. The molecule has 0 saturated carbocycles. The fraction of sp³-hybridized carbons (Fsp3) is 0.231. The predicted molar refractivity (Wildman–Crippen MR) is 68.3 cm³/mol. The van der Waals surface area contributed by atoms with Crippen molar-refractivity contribution in [1.82, 2.24) is 9.78 Å². The van der Waals surface area contributed by atoms with E-state index in [0.717, 1.165) is 22.5 Å². The zero-order chi connectivity index (χ0) is 12.4. The molecular formula is C13H16N4. The standard InChI is InChI=1S/C13H16N4/c1-9-6-10(2)17(16-9)8-11-4-3-5-12(7-11)13(14)15/h3-7H,8H2,1-2H3,(H3,14,15). The summed E-state index contributed by atoms with van der Waals surface area (Å²) in [7, 11) is 0. The maximum Gasteiger partial charge on any atom is 0.122 e. The highest BCUT2D eigenvalue weighted by molar-refractivity contribution is 5.95. The number of aromatic nitrogens is 2. The maximum atomic E-state index is 7.41. The fourth-order valence-corrected chi connectivity index (χ4v) is 1.85. The molecule has 1 heterocycles. The van der Waals surface area contributed by atoms with Crippen LogP contribution in [0, 0.1) is 19.3 Å². The molecule has 4 heteroatoms. The Bertz CT molecular complexity index is 554. The summed E-state index contributed by atoms with van der Waals surface area (Å²) in [5.74, 6) is 0.0974. The molecule has 0 fully saturated rings. The molecule has 0 atom stereocenters. The van der Waals surface area contributed by atoms with E-state index in [1.54, 1.807) is 0 Å². The molecule has 1 aromatic carbocycles. The van der Waals surface area contributed by atoms with Crippen LogP contribution in [0.15, 0.2) is 30.3 Å². The average molecular weight is 228 g/mol. The van der Waals surface area contributed by atoms with Gasteiger partial charge >= 0.3 is 0 Å². The van der Waals surface area contributed by atoms with Gasteiger partial charge in [0.25, 0.3) is 0 Å². The Morgan fingerprint density at radius 2 is 2.12 bits per heavy atom. The number of nitrogens with zero attached hydrogens (tertiary/aromatic N) is 2. The summed E-state index contributed by atoms with van der Waals surface area (Å²) in [6.07, 6.45) is 0. The number of rotatable bonds is 3. The predicted octanol–water partition coefficient (Wildman–Crippen LogP) is 1.83. The van der Waals surface area contributed by atoms with E-state index in [1.807, 2.05) is 42.8 Å². The summed E-state index contributed by atoms with van der Waals surface area (Å²) in [6.45, 7) is 4.73. The zero-order valence-corrected chi connectivity index (χ0v) is 10.1. The average Bonchev–Trinajstić information content (AvgIpc) is 2.58. The summed E-state index contributed by atoms with van der Waals surface area (Å²) in [4.78, 5) is 0. The molecule has 0 saturated heterocycles. The van der Waals surface area contributed by atoms with Crippen LogP contribution in [-0.2, 0) is 6.54 Å². The number of hydrogen-bond acceptors (Lipinski definition) is 2. The van der Waals surface area contributed by atoms with Crippen LogP contribution in [0.4, 0.5) is 0 Å². The second kappa shape index (κ2) is 4.41. The molecule has 0 unspecified atom stereocenters. The van der Waals surface area contributed by atoms with Gasteiger partial charge in [-0.3, -0.25) is 10.1 Å². The van der Waals surface area contributed by atoms with Gasteiger partial charge in [-0.1, -0.05) is 18.2 Å². The molecule has 17 heavy (non-hydrogen) atoms. The smallest absolute Gasteiger partial charge is 0.122 e. The third kappa shape index (κ3) is 2.53. The molecule has 0 radical (unpaired) electrons. The normalized spacial score (nSPS) is 10.5. The third-order valence-corrected chi connectivity index (χ3v) is 2.67. The van der Waals surface area contributed by atoms with Crippen LogP contribution in [0.25, 0.3) is 0 Å². The quantitative estimate of drug-likeness (QED) is 0.621. The molecule has 2 aromatic rings.